The molecule has 2 heterocycles. The van der Waals surface area contributed by atoms with Gasteiger partial charge in [0.05, 0.1) is 11.0 Å². The highest BCUT2D eigenvalue weighted by Gasteiger charge is 2.17. The Morgan fingerprint density at radius 1 is 1.20 bits per heavy atom. The molecule has 20 heavy (non-hydrogen) atoms. The lowest BCUT2D eigenvalue weighted by atomic mass is 9.99. The van der Waals surface area contributed by atoms with Crippen LogP contribution < -0.4 is 9.47 Å². The Balaban J connectivity index is 1.93. The highest BCUT2D eigenvalue weighted by atomic mass is 16.6. The van der Waals surface area contributed by atoms with Crippen molar-refractivity contribution < 1.29 is 9.47 Å². The van der Waals surface area contributed by atoms with Gasteiger partial charge in [-0.15, -0.1) is 0 Å². The molecule has 0 aliphatic carbocycles. The molecule has 1 aromatic carbocycles. The molecule has 108 valence electrons. The van der Waals surface area contributed by atoms with Gasteiger partial charge in [-0.05, 0) is 12.8 Å². The van der Waals surface area contributed by atoms with E-state index in [0.29, 0.717) is 19.1 Å². The molecule has 0 radical (unpaired) electrons. The number of unbranched alkanes of at least 4 members (excludes halogenated alkanes) is 1. The second-order valence-electron chi connectivity index (χ2n) is 5.38. The molecule has 1 atom stereocenters. The Kier molecular flexibility index (Phi) is 3.81. The van der Waals surface area contributed by atoms with Crippen LogP contribution in [0.4, 0.5) is 0 Å². The molecule has 1 aliphatic rings. The number of fused-ring (bicyclic) bond motifs is 2. The number of hydrogen-bond donors (Lipinski definition) is 1. The zero-order chi connectivity index (χ0) is 13.9. The maximum absolute atomic E-state index is 5.62. The smallest absolute Gasteiger partial charge is 0.163 e. The molecular formula is C16H22N2O2. The quantitative estimate of drug-likeness (QED) is 0.895. The summed E-state index contributed by atoms with van der Waals surface area (Å²) in [4.78, 5) is 8.21. The lowest BCUT2D eigenvalue weighted by Crippen LogP contribution is -2.15. The number of imidazole rings is 1. The van der Waals surface area contributed by atoms with Crippen molar-refractivity contribution in [3.8, 4) is 11.5 Å². The first-order valence-electron chi connectivity index (χ1n) is 7.61. The number of benzene rings is 1. The van der Waals surface area contributed by atoms with Gasteiger partial charge < -0.3 is 14.5 Å². The zero-order valence-electron chi connectivity index (χ0n) is 12.2. The van der Waals surface area contributed by atoms with Gasteiger partial charge in [-0.1, -0.05) is 26.7 Å². The molecule has 4 heteroatoms. The fourth-order valence-corrected chi connectivity index (χ4v) is 2.74. The van der Waals surface area contributed by atoms with E-state index in [1.807, 2.05) is 12.1 Å². The first-order chi connectivity index (χ1) is 9.81. The maximum atomic E-state index is 5.62. The van der Waals surface area contributed by atoms with Crippen LogP contribution in [0.25, 0.3) is 11.0 Å². The molecule has 1 aliphatic heterocycles. The third kappa shape index (κ3) is 2.47. The lowest BCUT2D eigenvalue weighted by molar-refractivity contribution is 0.172. The molecule has 2 aromatic rings. The van der Waals surface area contributed by atoms with Crippen LogP contribution >= 0.6 is 0 Å². The van der Waals surface area contributed by atoms with Crippen molar-refractivity contribution in [1.29, 1.82) is 0 Å². The van der Waals surface area contributed by atoms with Crippen LogP contribution in [0.1, 0.15) is 51.3 Å². The fourth-order valence-electron chi connectivity index (χ4n) is 2.74. The Labute approximate surface area is 119 Å². The molecule has 4 nitrogen and oxygen atoms in total. The summed E-state index contributed by atoms with van der Waals surface area (Å²) in [7, 11) is 0. The highest BCUT2D eigenvalue weighted by molar-refractivity contribution is 5.80. The van der Waals surface area contributed by atoms with Crippen LogP contribution in [0.3, 0.4) is 0 Å². The molecule has 0 fully saturated rings. The van der Waals surface area contributed by atoms with E-state index in [2.05, 4.69) is 18.8 Å². The molecule has 3 rings (SSSR count). The van der Waals surface area contributed by atoms with Crippen LogP contribution in [-0.4, -0.2) is 23.2 Å². The topological polar surface area (TPSA) is 47.1 Å². The van der Waals surface area contributed by atoms with Crippen molar-refractivity contribution >= 4 is 11.0 Å². The molecular weight excluding hydrogens is 252 g/mol. The summed E-state index contributed by atoms with van der Waals surface area (Å²) in [5, 5.41) is 0. The van der Waals surface area contributed by atoms with Crippen molar-refractivity contribution in [1.82, 2.24) is 9.97 Å². The number of ether oxygens (including phenoxy) is 2. The minimum Gasteiger partial charge on any atom is -0.486 e. The highest BCUT2D eigenvalue weighted by Crippen LogP contribution is 2.35. The van der Waals surface area contributed by atoms with Crippen LogP contribution in [0.2, 0.25) is 0 Å². The largest absolute Gasteiger partial charge is 0.486 e. The molecule has 0 bridgehead atoms. The monoisotopic (exact) mass is 274 g/mol. The van der Waals surface area contributed by atoms with E-state index in [1.54, 1.807) is 0 Å². The summed E-state index contributed by atoms with van der Waals surface area (Å²) in [5.74, 6) is 3.24. The van der Waals surface area contributed by atoms with E-state index in [1.165, 1.54) is 19.3 Å². The van der Waals surface area contributed by atoms with Crippen molar-refractivity contribution in [3.05, 3.63) is 18.0 Å². The van der Waals surface area contributed by atoms with Gasteiger partial charge in [0.2, 0.25) is 0 Å². The van der Waals surface area contributed by atoms with Crippen molar-refractivity contribution in [2.75, 3.05) is 13.2 Å². The van der Waals surface area contributed by atoms with Gasteiger partial charge in [-0.3, -0.25) is 0 Å². The van der Waals surface area contributed by atoms with Gasteiger partial charge in [0.15, 0.2) is 11.5 Å². The van der Waals surface area contributed by atoms with Crippen LogP contribution in [0, 0.1) is 0 Å². The average molecular weight is 274 g/mol. The molecule has 0 saturated heterocycles. The number of nitrogens with zero attached hydrogens (tertiary/aromatic N) is 1. The summed E-state index contributed by atoms with van der Waals surface area (Å²) in [6.45, 7) is 5.69. The number of nitrogens with one attached hydrogen (secondary N) is 1. The van der Waals surface area contributed by atoms with Crippen LogP contribution in [-0.2, 0) is 0 Å². The van der Waals surface area contributed by atoms with E-state index in [9.17, 15) is 0 Å². The van der Waals surface area contributed by atoms with Gasteiger partial charge in [-0.2, -0.15) is 0 Å². The Bertz CT molecular complexity index is 548. The third-order valence-corrected chi connectivity index (χ3v) is 3.95. The third-order valence-electron chi connectivity index (χ3n) is 3.95. The van der Waals surface area contributed by atoms with Crippen LogP contribution in [0.15, 0.2) is 12.1 Å². The summed E-state index contributed by atoms with van der Waals surface area (Å²) in [6.07, 6.45) is 4.79. The van der Waals surface area contributed by atoms with E-state index < -0.39 is 0 Å². The van der Waals surface area contributed by atoms with Crippen LogP contribution in [0.5, 0.6) is 11.5 Å². The minimum atomic E-state index is 0.515. The Hall–Kier alpha value is -1.71. The summed E-state index contributed by atoms with van der Waals surface area (Å²) in [5.41, 5.74) is 2.01. The lowest BCUT2D eigenvalue weighted by Gasteiger charge is -2.17. The minimum absolute atomic E-state index is 0.515. The SMILES string of the molecule is CCCCC(CC)c1nc2cc3c(cc2[nH]1)OCCO3. The molecule has 0 amide bonds. The Morgan fingerprint density at radius 3 is 2.65 bits per heavy atom. The van der Waals surface area contributed by atoms with Gasteiger partial charge in [-0.25, -0.2) is 4.98 Å². The van der Waals surface area contributed by atoms with E-state index in [-0.39, 0.29) is 0 Å². The molecule has 1 unspecified atom stereocenters. The number of hydrogen-bond acceptors (Lipinski definition) is 3. The normalized spacial score (nSPS) is 15.5. The molecule has 0 saturated carbocycles. The van der Waals surface area contributed by atoms with Gasteiger partial charge >= 0.3 is 0 Å². The molecule has 0 spiro atoms. The van der Waals surface area contributed by atoms with Crippen molar-refractivity contribution in [2.45, 2.75) is 45.4 Å². The summed E-state index contributed by atoms with van der Waals surface area (Å²) >= 11 is 0. The van der Waals surface area contributed by atoms with Gasteiger partial charge in [0.1, 0.15) is 19.0 Å². The second-order valence-corrected chi connectivity index (χ2v) is 5.38. The predicted molar refractivity (Wildman–Crippen MR) is 79.6 cm³/mol. The predicted octanol–water partition coefficient (Wildman–Crippen LogP) is 4.02. The fraction of sp³-hybridized carbons (Fsp3) is 0.562. The summed E-state index contributed by atoms with van der Waals surface area (Å²) in [6, 6.07) is 3.99. The number of H-pyrrole nitrogens is 1. The standard InChI is InChI=1S/C16H22N2O2/c1-3-5-6-11(4-2)16-17-12-9-14-15(10-13(12)18-16)20-8-7-19-14/h9-11H,3-8H2,1-2H3,(H,17,18). The summed E-state index contributed by atoms with van der Waals surface area (Å²) < 4.78 is 11.2. The van der Waals surface area contributed by atoms with Gasteiger partial charge in [0, 0.05) is 18.1 Å². The van der Waals surface area contributed by atoms with Crippen molar-refractivity contribution in [2.24, 2.45) is 0 Å². The molecule has 1 aromatic heterocycles. The number of aromatic amines is 1. The van der Waals surface area contributed by atoms with Crippen molar-refractivity contribution in [3.63, 3.8) is 0 Å². The second kappa shape index (κ2) is 5.73. The Morgan fingerprint density at radius 2 is 1.95 bits per heavy atom. The average Bonchev–Trinajstić information content (AvgIpc) is 2.88. The zero-order valence-corrected chi connectivity index (χ0v) is 12.2. The van der Waals surface area contributed by atoms with E-state index >= 15 is 0 Å². The maximum Gasteiger partial charge on any atom is 0.163 e. The number of rotatable bonds is 5. The molecule has 1 N–H and O–H groups in total. The number of aromatic nitrogens is 2. The van der Waals surface area contributed by atoms with Gasteiger partial charge in [0.25, 0.3) is 0 Å². The first-order valence-corrected chi connectivity index (χ1v) is 7.61. The first kappa shape index (κ1) is 13.3. The van der Waals surface area contributed by atoms with E-state index in [4.69, 9.17) is 14.5 Å². The van der Waals surface area contributed by atoms with E-state index in [0.717, 1.165) is 34.8 Å².